The van der Waals surface area contributed by atoms with Gasteiger partial charge in [0.25, 0.3) is 0 Å². The van der Waals surface area contributed by atoms with E-state index >= 15 is 0 Å². The second-order valence-electron chi connectivity index (χ2n) is 5.04. The molecule has 0 bridgehead atoms. The van der Waals surface area contributed by atoms with E-state index in [1.54, 1.807) is 7.11 Å². The van der Waals surface area contributed by atoms with Gasteiger partial charge in [0.05, 0.1) is 13.2 Å². The Morgan fingerprint density at radius 2 is 2.24 bits per heavy atom. The highest BCUT2D eigenvalue weighted by Gasteiger charge is 2.37. The molecule has 0 saturated carbocycles. The summed E-state index contributed by atoms with van der Waals surface area (Å²) in [4.78, 5) is 17.1. The van der Waals surface area contributed by atoms with E-state index in [0.29, 0.717) is 19.1 Å². The van der Waals surface area contributed by atoms with Gasteiger partial charge in [-0.3, -0.25) is 9.63 Å². The molecule has 1 atom stereocenters. The average molecular weight is 244 g/mol. The van der Waals surface area contributed by atoms with Gasteiger partial charge in [0, 0.05) is 12.5 Å². The Bertz CT molecular complexity index is 238. The fraction of sp³-hybridized carbons (Fsp3) is 0.917. The van der Waals surface area contributed by atoms with Crippen LogP contribution in [-0.2, 0) is 14.4 Å². The van der Waals surface area contributed by atoms with Crippen LogP contribution in [-0.4, -0.2) is 39.3 Å². The van der Waals surface area contributed by atoms with Crippen LogP contribution in [0.1, 0.15) is 26.7 Å². The summed E-state index contributed by atoms with van der Waals surface area (Å²) in [5.74, 6) is 0.310. The van der Waals surface area contributed by atoms with Crippen LogP contribution in [0.5, 0.6) is 0 Å². The SMILES string of the molecule is COCCONC(=O)C(C)(C)C1CCCNC1. The summed E-state index contributed by atoms with van der Waals surface area (Å²) >= 11 is 0. The van der Waals surface area contributed by atoms with Gasteiger partial charge in [-0.15, -0.1) is 0 Å². The highest BCUT2D eigenvalue weighted by atomic mass is 16.7. The van der Waals surface area contributed by atoms with Gasteiger partial charge in [0.15, 0.2) is 0 Å². The topological polar surface area (TPSA) is 59.6 Å². The van der Waals surface area contributed by atoms with Crippen molar-refractivity contribution >= 4 is 5.91 Å². The Kier molecular flexibility index (Phi) is 5.88. The number of nitrogens with one attached hydrogen (secondary N) is 2. The maximum absolute atomic E-state index is 12.0. The molecule has 1 amide bonds. The third kappa shape index (κ3) is 4.26. The molecule has 0 radical (unpaired) electrons. The van der Waals surface area contributed by atoms with Crippen LogP contribution in [0.2, 0.25) is 0 Å². The summed E-state index contributed by atoms with van der Waals surface area (Å²) in [5, 5.41) is 3.33. The summed E-state index contributed by atoms with van der Waals surface area (Å²) in [5.41, 5.74) is 2.11. The van der Waals surface area contributed by atoms with E-state index in [0.717, 1.165) is 25.9 Å². The number of hydroxylamine groups is 1. The molecule has 1 aliphatic heterocycles. The number of carbonyl (C=O) groups excluding carboxylic acids is 1. The molecule has 0 aliphatic carbocycles. The van der Waals surface area contributed by atoms with Crippen LogP contribution in [0.15, 0.2) is 0 Å². The molecule has 0 spiro atoms. The van der Waals surface area contributed by atoms with Crippen LogP contribution in [0, 0.1) is 11.3 Å². The van der Waals surface area contributed by atoms with Gasteiger partial charge in [-0.2, -0.15) is 0 Å². The zero-order valence-corrected chi connectivity index (χ0v) is 11.0. The minimum absolute atomic E-state index is 0.0534. The van der Waals surface area contributed by atoms with Crippen molar-refractivity contribution in [3.05, 3.63) is 0 Å². The lowest BCUT2D eigenvalue weighted by Gasteiger charge is -2.35. The molecule has 100 valence electrons. The maximum Gasteiger partial charge on any atom is 0.249 e. The Morgan fingerprint density at radius 1 is 1.47 bits per heavy atom. The van der Waals surface area contributed by atoms with E-state index in [1.165, 1.54) is 0 Å². The quantitative estimate of drug-likeness (QED) is 0.533. The molecule has 1 saturated heterocycles. The minimum Gasteiger partial charge on any atom is -0.382 e. The average Bonchev–Trinajstić information content (AvgIpc) is 2.35. The van der Waals surface area contributed by atoms with Gasteiger partial charge in [-0.05, 0) is 31.8 Å². The first-order valence-electron chi connectivity index (χ1n) is 6.21. The Balaban J connectivity index is 2.36. The van der Waals surface area contributed by atoms with Crippen LogP contribution in [0.4, 0.5) is 0 Å². The first kappa shape index (κ1) is 14.4. The fourth-order valence-corrected chi connectivity index (χ4v) is 2.03. The van der Waals surface area contributed by atoms with Crippen molar-refractivity contribution in [1.82, 2.24) is 10.8 Å². The number of hydrogen-bond acceptors (Lipinski definition) is 4. The van der Waals surface area contributed by atoms with Gasteiger partial charge in [0.2, 0.25) is 5.91 Å². The summed E-state index contributed by atoms with van der Waals surface area (Å²) < 4.78 is 4.84. The van der Waals surface area contributed by atoms with Gasteiger partial charge < -0.3 is 10.1 Å². The molecule has 5 heteroatoms. The van der Waals surface area contributed by atoms with Crippen LogP contribution in [0.3, 0.4) is 0 Å². The first-order chi connectivity index (χ1) is 8.09. The first-order valence-corrected chi connectivity index (χ1v) is 6.21. The van der Waals surface area contributed by atoms with Crippen molar-refractivity contribution in [2.45, 2.75) is 26.7 Å². The van der Waals surface area contributed by atoms with Crippen molar-refractivity contribution in [3.63, 3.8) is 0 Å². The van der Waals surface area contributed by atoms with Crippen LogP contribution in [0.25, 0.3) is 0 Å². The predicted molar refractivity (Wildman–Crippen MR) is 65.3 cm³/mol. The summed E-state index contributed by atoms with van der Waals surface area (Å²) in [6, 6.07) is 0. The molecule has 0 aromatic carbocycles. The van der Waals surface area contributed by atoms with Crippen molar-refractivity contribution in [3.8, 4) is 0 Å². The molecule has 1 aliphatic rings. The van der Waals surface area contributed by atoms with Crippen molar-refractivity contribution in [2.75, 3.05) is 33.4 Å². The van der Waals surface area contributed by atoms with Gasteiger partial charge in [0.1, 0.15) is 0 Å². The zero-order chi connectivity index (χ0) is 12.7. The Labute approximate surface area is 103 Å². The number of carbonyl (C=O) groups is 1. The lowest BCUT2D eigenvalue weighted by Crippen LogP contribution is -2.47. The van der Waals surface area contributed by atoms with E-state index < -0.39 is 5.41 Å². The molecule has 1 heterocycles. The molecule has 0 aromatic rings. The largest absolute Gasteiger partial charge is 0.382 e. The molecular weight excluding hydrogens is 220 g/mol. The molecular formula is C12H24N2O3. The standard InChI is InChI=1S/C12H24N2O3/c1-12(2,10-5-4-6-13-9-10)11(15)14-17-8-7-16-3/h10,13H,4-9H2,1-3H3,(H,14,15). The molecule has 17 heavy (non-hydrogen) atoms. The number of amides is 1. The Hall–Kier alpha value is -0.650. The smallest absolute Gasteiger partial charge is 0.249 e. The minimum atomic E-state index is -0.402. The molecule has 0 aromatic heterocycles. The second kappa shape index (κ2) is 6.93. The third-order valence-corrected chi connectivity index (χ3v) is 3.46. The molecule has 1 fully saturated rings. The van der Waals surface area contributed by atoms with Crippen molar-refractivity contribution in [1.29, 1.82) is 0 Å². The normalized spacial score (nSPS) is 21.2. The van der Waals surface area contributed by atoms with Gasteiger partial charge in [-0.1, -0.05) is 13.8 Å². The van der Waals surface area contributed by atoms with Gasteiger partial charge in [-0.25, -0.2) is 5.48 Å². The van der Waals surface area contributed by atoms with E-state index in [1.807, 2.05) is 13.8 Å². The summed E-state index contributed by atoms with van der Waals surface area (Å²) in [7, 11) is 1.60. The van der Waals surface area contributed by atoms with Crippen molar-refractivity contribution in [2.24, 2.45) is 11.3 Å². The lowest BCUT2D eigenvalue weighted by atomic mass is 9.74. The monoisotopic (exact) mass is 244 g/mol. The highest BCUT2D eigenvalue weighted by molar-refractivity contribution is 5.81. The number of hydrogen-bond donors (Lipinski definition) is 2. The molecule has 1 rings (SSSR count). The van der Waals surface area contributed by atoms with E-state index in [-0.39, 0.29) is 5.91 Å². The molecule has 2 N–H and O–H groups in total. The predicted octanol–water partition coefficient (Wildman–Crippen LogP) is 0.706. The van der Waals surface area contributed by atoms with Crippen LogP contribution < -0.4 is 10.8 Å². The number of methoxy groups -OCH3 is 1. The fourth-order valence-electron chi connectivity index (χ4n) is 2.03. The summed E-state index contributed by atoms with van der Waals surface area (Å²) in [6.07, 6.45) is 2.22. The van der Waals surface area contributed by atoms with Gasteiger partial charge >= 0.3 is 0 Å². The zero-order valence-electron chi connectivity index (χ0n) is 11.0. The highest BCUT2D eigenvalue weighted by Crippen LogP contribution is 2.31. The lowest BCUT2D eigenvalue weighted by molar-refractivity contribution is -0.146. The second-order valence-corrected chi connectivity index (χ2v) is 5.04. The Morgan fingerprint density at radius 3 is 2.82 bits per heavy atom. The summed E-state index contributed by atoms with van der Waals surface area (Å²) in [6.45, 7) is 6.75. The number of piperidine rings is 1. The van der Waals surface area contributed by atoms with E-state index in [9.17, 15) is 4.79 Å². The maximum atomic E-state index is 12.0. The number of rotatable bonds is 6. The van der Waals surface area contributed by atoms with E-state index in [2.05, 4.69) is 10.8 Å². The molecule has 1 unspecified atom stereocenters. The van der Waals surface area contributed by atoms with E-state index in [4.69, 9.17) is 9.57 Å². The third-order valence-electron chi connectivity index (χ3n) is 3.46. The van der Waals surface area contributed by atoms with Crippen LogP contribution >= 0.6 is 0 Å². The number of ether oxygens (including phenoxy) is 1. The van der Waals surface area contributed by atoms with Crippen molar-refractivity contribution < 1.29 is 14.4 Å². The molecule has 5 nitrogen and oxygen atoms in total.